The van der Waals surface area contributed by atoms with Crippen LogP contribution < -0.4 is 0 Å². The van der Waals surface area contributed by atoms with E-state index in [-0.39, 0.29) is 31.6 Å². The fourth-order valence-electron chi connectivity index (χ4n) is 6.14. The van der Waals surface area contributed by atoms with E-state index in [9.17, 15) is 9.59 Å². The summed E-state index contributed by atoms with van der Waals surface area (Å²) in [5, 5.41) is 0. The van der Waals surface area contributed by atoms with Crippen LogP contribution in [0.1, 0.15) is 175 Å². The fourth-order valence-corrected chi connectivity index (χ4v) is 6.14. The number of carbonyl (C=O) groups is 2. The van der Waals surface area contributed by atoms with Crippen LogP contribution in [0.25, 0.3) is 0 Å². The molecule has 0 heterocycles. The number of hydrogen-bond acceptors (Lipinski definition) is 5. The summed E-state index contributed by atoms with van der Waals surface area (Å²) in [7, 11) is 0. The first-order chi connectivity index (χ1) is 33.6. The van der Waals surface area contributed by atoms with E-state index in [0.717, 1.165) is 135 Å². The molecule has 0 aliphatic carbocycles. The van der Waals surface area contributed by atoms with Gasteiger partial charge < -0.3 is 14.2 Å². The fraction of sp³-hybridized carbons (Fsp3) is 0.492. The quantitative estimate of drug-likeness (QED) is 0.0346. The molecule has 0 saturated heterocycles. The zero-order valence-electron chi connectivity index (χ0n) is 43.0. The summed E-state index contributed by atoms with van der Waals surface area (Å²) in [6.07, 6.45) is 86.4. The lowest BCUT2D eigenvalue weighted by molar-refractivity contribution is -0.162. The topological polar surface area (TPSA) is 61.8 Å². The molecule has 0 fully saturated rings. The smallest absolute Gasteiger partial charge is 0.306 e. The molecule has 0 rings (SSSR count). The third-order valence-corrected chi connectivity index (χ3v) is 9.93. The third kappa shape index (κ3) is 53.6. The van der Waals surface area contributed by atoms with E-state index in [2.05, 4.69) is 197 Å². The molecule has 0 aromatic heterocycles. The first-order valence-electron chi connectivity index (χ1n) is 26.3. The Morgan fingerprint density at radius 3 is 0.985 bits per heavy atom. The number of rotatable bonds is 45. The van der Waals surface area contributed by atoms with Crippen LogP contribution in [-0.2, 0) is 23.8 Å². The van der Waals surface area contributed by atoms with Crippen molar-refractivity contribution in [3.63, 3.8) is 0 Å². The van der Waals surface area contributed by atoms with Crippen molar-refractivity contribution in [3.05, 3.63) is 182 Å². The van der Waals surface area contributed by atoms with Gasteiger partial charge in [-0.25, -0.2) is 0 Å². The van der Waals surface area contributed by atoms with Crippen molar-refractivity contribution in [1.82, 2.24) is 0 Å². The standard InChI is InChI=1S/C63H94O5/c1-4-7-10-13-16-19-22-25-28-30-32-33-36-38-41-44-47-50-53-56-62(64)67-60-61(68-63(65)57-54-51-48-45-42-39-35-27-24-21-18-15-12-9-6-3)59-66-58-55-52-49-46-43-40-37-34-31-29-26-23-20-17-14-11-8-5-2/h7-12,16-21,25-29,32-35,37-38,41-43,45-47,50,61H,4-6,13-15,22-24,30-31,36,39-40,44,48-49,51-60H2,1-3H3/b10-7-,11-8-,12-9-,19-16-,20-17-,21-18-,28-25-,29-26-,33-32-,35-27-,37-34-,41-38-,45-42-,46-43-,50-47-. The second-order valence-electron chi connectivity index (χ2n) is 16.3. The first-order valence-corrected chi connectivity index (χ1v) is 26.3. The van der Waals surface area contributed by atoms with E-state index >= 15 is 0 Å². The van der Waals surface area contributed by atoms with Crippen LogP contribution in [0.4, 0.5) is 0 Å². The van der Waals surface area contributed by atoms with Gasteiger partial charge in [0, 0.05) is 19.4 Å². The van der Waals surface area contributed by atoms with Crippen LogP contribution in [0.2, 0.25) is 0 Å². The zero-order chi connectivity index (χ0) is 49.2. The Hall–Kier alpha value is -5.00. The minimum atomic E-state index is -0.627. The highest BCUT2D eigenvalue weighted by molar-refractivity contribution is 5.70. The SMILES string of the molecule is CC/C=C\C/C=C\C/C=C\C/C=C\C/C=C\C/C=C\CCC(=O)OCC(COCCCC/C=C\C/C=C\C/C=C\C/C=C\C/C=C\CC)OC(=O)CCCC/C=C\C/C=C\C/C=C\C/C=C\CC. The van der Waals surface area contributed by atoms with Crippen LogP contribution in [-0.4, -0.2) is 37.9 Å². The van der Waals surface area contributed by atoms with Gasteiger partial charge in [-0.05, 0) is 141 Å². The Labute approximate surface area is 417 Å². The van der Waals surface area contributed by atoms with Crippen molar-refractivity contribution in [2.75, 3.05) is 19.8 Å². The maximum Gasteiger partial charge on any atom is 0.306 e. The summed E-state index contributed by atoms with van der Waals surface area (Å²) < 4.78 is 17.3. The summed E-state index contributed by atoms with van der Waals surface area (Å²) in [5.41, 5.74) is 0. The van der Waals surface area contributed by atoms with Gasteiger partial charge in [0.25, 0.3) is 0 Å². The predicted octanol–water partition coefficient (Wildman–Crippen LogP) is 18.2. The van der Waals surface area contributed by atoms with E-state index < -0.39 is 6.10 Å². The Morgan fingerprint density at radius 2 is 0.632 bits per heavy atom. The minimum Gasteiger partial charge on any atom is -0.462 e. The summed E-state index contributed by atoms with van der Waals surface area (Å²) in [5.74, 6) is -0.586. The Morgan fingerprint density at radius 1 is 0.324 bits per heavy atom. The van der Waals surface area contributed by atoms with E-state index in [4.69, 9.17) is 14.2 Å². The van der Waals surface area contributed by atoms with Gasteiger partial charge in [-0.1, -0.05) is 203 Å². The molecule has 68 heavy (non-hydrogen) atoms. The molecular formula is C63H94O5. The Balaban J connectivity index is 4.59. The van der Waals surface area contributed by atoms with Crippen molar-refractivity contribution >= 4 is 11.9 Å². The minimum absolute atomic E-state index is 0.00366. The number of allylic oxidation sites excluding steroid dienone is 30. The molecule has 5 nitrogen and oxygen atoms in total. The summed E-state index contributed by atoms with van der Waals surface area (Å²) in [4.78, 5) is 25.4. The van der Waals surface area contributed by atoms with E-state index in [1.54, 1.807) is 0 Å². The summed E-state index contributed by atoms with van der Waals surface area (Å²) >= 11 is 0. The normalized spacial score (nSPS) is 13.8. The highest BCUT2D eigenvalue weighted by Gasteiger charge is 2.17. The molecule has 0 N–H and O–H groups in total. The van der Waals surface area contributed by atoms with Crippen molar-refractivity contribution < 1.29 is 23.8 Å². The Bertz CT molecular complexity index is 1620. The number of esters is 2. The molecule has 376 valence electrons. The molecule has 0 saturated carbocycles. The summed E-state index contributed by atoms with van der Waals surface area (Å²) in [6.45, 7) is 7.21. The molecule has 0 spiro atoms. The third-order valence-electron chi connectivity index (χ3n) is 9.93. The predicted molar refractivity (Wildman–Crippen MR) is 297 cm³/mol. The molecule has 1 atom stereocenters. The zero-order valence-corrected chi connectivity index (χ0v) is 43.0. The van der Waals surface area contributed by atoms with Gasteiger partial charge >= 0.3 is 11.9 Å². The average Bonchev–Trinajstić information content (AvgIpc) is 3.34. The van der Waals surface area contributed by atoms with E-state index in [1.165, 1.54) is 0 Å². The molecule has 0 aliphatic heterocycles. The lowest BCUT2D eigenvalue weighted by atomic mass is 10.2. The van der Waals surface area contributed by atoms with Gasteiger partial charge in [0.2, 0.25) is 0 Å². The second-order valence-corrected chi connectivity index (χ2v) is 16.3. The number of ether oxygens (including phenoxy) is 3. The molecule has 0 aromatic carbocycles. The first kappa shape index (κ1) is 63.0. The van der Waals surface area contributed by atoms with Crippen molar-refractivity contribution in [2.24, 2.45) is 0 Å². The highest BCUT2D eigenvalue weighted by Crippen LogP contribution is 2.08. The van der Waals surface area contributed by atoms with Crippen LogP contribution >= 0.6 is 0 Å². The molecule has 0 bridgehead atoms. The van der Waals surface area contributed by atoms with Crippen molar-refractivity contribution in [3.8, 4) is 0 Å². The average molecular weight is 931 g/mol. The molecular weight excluding hydrogens is 837 g/mol. The molecule has 5 heteroatoms. The van der Waals surface area contributed by atoms with Crippen LogP contribution in [0, 0.1) is 0 Å². The number of unbranched alkanes of at least 4 members (excludes halogenated alkanes) is 4. The maximum absolute atomic E-state index is 12.8. The van der Waals surface area contributed by atoms with E-state index in [0.29, 0.717) is 19.4 Å². The number of hydrogen-bond donors (Lipinski definition) is 0. The molecule has 0 aromatic rings. The van der Waals surface area contributed by atoms with E-state index in [1.807, 2.05) is 6.08 Å². The van der Waals surface area contributed by atoms with Crippen molar-refractivity contribution in [1.29, 1.82) is 0 Å². The van der Waals surface area contributed by atoms with Gasteiger partial charge in [-0.3, -0.25) is 9.59 Å². The second kappa shape index (κ2) is 56.3. The highest BCUT2D eigenvalue weighted by atomic mass is 16.6. The van der Waals surface area contributed by atoms with Gasteiger partial charge in [0.15, 0.2) is 6.10 Å². The molecule has 0 amide bonds. The van der Waals surface area contributed by atoms with Gasteiger partial charge in [-0.2, -0.15) is 0 Å². The monoisotopic (exact) mass is 931 g/mol. The maximum atomic E-state index is 12.8. The number of carbonyl (C=O) groups excluding carboxylic acids is 2. The molecule has 0 radical (unpaired) electrons. The van der Waals surface area contributed by atoms with Gasteiger partial charge in [0.1, 0.15) is 6.61 Å². The van der Waals surface area contributed by atoms with Crippen LogP contribution in [0.3, 0.4) is 0 Å². The Kier molecular flexibility index (Phi) is 52.2. The van der Waals surface area contributed by atoms with Gasteiger partial charge in [-0.15, -0.1) is 0 Å². The summed E-state index contributed by atoms with van der Waals surface area (Å²) in [6, 6.07) is 0. The molecule has 0 aliphatic rings. The van der Waals surface area contributed by atoms with Crippen LogP contribution in [0.5, 0.6) is 0 Å². The largest absolute Gasteiger partial charge is 0.462 e. The lowest BCUT2D eigenvalue weighted by Gasteiger charge is -2.18. The van der Waals surface area contributed by atoms with Gasteiger partial charge in [0.05, 0.1) is 6.61 Å². The molecule has 1 unspecified atom stereocenters. The lowest BCUT2D eigenvalue weighted by Crippen LogP contribution is -2.30. The van der Waals surface area contributed by atoms with Crippen molar-refractivity contribution in [2.45, 2.75) is 181 Å². The van der Waals surface area contributed by atoms with Crippen LogP contribution in [0.15, 0.2) is 182 Å².